The van der Waals surface area contributed by atoms with Gasteiger partial charge in [-0.1, -0.05) is 102 Å². The summed E-state index contributed by atoms with van der Waals surface area (Å²) in [6.07, 6.45) is 22.5. The number of aromatic hydroxyl groups is 1. The minimum absolute atomic E-state index is 0.112. The average molecular weight is 495 g/mol. The number of unbranched alkanes of at least 4 members (excludes halogenated alkanes) is 16. The normalized spacial score (nSPS) is 10.1. The molecule has 4 nitrogen and oxygen atoms in total. The van der Waals surface area contributed by atoms with Crippen LogP contribution in [0.5, 0.6) is 11.5 Å². The predicted octanol–water partition coefficient (Wildman–Crippen LogP) is 8.55. The Hall–Kier alpha value is -2.72. The van der Waals surface area contributed by atoms with Crippen LogP contribution in [-0.4, -0.2) is 17.4 Å². The zero-order valence-corrected chi connectivity index (χ0v) is 22.4. The topological polar surface area (TPSA) is 63.6 Å². The van der Waals surface area contributed by atoms with E-state index in [4.69, 9.17) is 4.74 Å². The van der Waals surface area contributed by atoms with Crippen molar-refractivity contribution < 1.29 is 19.4 Å². The Morgan fingerprint density at radius 3 is 1.81 bits per heavy atom. The molecule has 198 valence electrons. The quantitative estimate of drug-likeness (QED) is 0.0648. The molecular weight excluding hydrogens is 448 g/mol. The fraction of sp³-hybridized carbons (Fsp3) is 0.625. The average Bonchev–Trinajstić information content (AvgIpc) is 2.88. The van der Waals surface area contributed by atoms with Gasteiger partial charge in [0.2, 0.25) is 0 Å². The molecule has 0 fully saturated rings. The molecule has 4 heteroatoms. The number of ether oxygens (including phenoxy) is 1. The van der Waals surface area contributed by atoms with Crippen molar-refractivity contribution in [3.8, 4) is 35.2 Å². The monoisotopic (exact) mass is 494 g/mol. The van der Waals surface area contributed by atoms with E-state index in [2.05, 4.69) is 30.6 Å². The molecule has 1 rings (SSSR count). The van der Waals surface area contributed by atoms with Crippen LogP contribution in [0.2, 0.25) is 0 Å². The number of benzene rings is 1. The molecule has 0 saturated heterocycles. The van der Waals surface area contributed by atoms with E-state index < -0.39 is 0 Å². The van der Waals surface area contributed by atoms with E-state index in [9.17, 15) is 14.7 Å². The Morgan fingerprint density at radius 2 is 1.28 bits per heavy atom. The highest BCUT2D eigenvalue weighted by molar-refractivity contribution is 5.80. The zero-order valence-electron chi connectivity index (χ0n) is 22.4. The first-order valence-electron chi connectivity index (χ1n) is 14.1. The van der Waals surface area contributed by atoms with Gasteiger partial charge in [-0.05, 0) is 49.3 Å². The highest BCUT2D eigenvalue weighted by Crippen LogP contribution is 2.22. The molecule has 0 aliphatic heterocycles. The second-order valence-electron chi connectivity index (χ2n) is 9.47. The van der Waals surface area contributed by atoms with Crippen molar-refractivity contribution in [2.45, 2.75) is 129 Å². The third-order valence-electron chi connectivity index (χ3n) is 6.18. The molecular formula is C32H46O4. The number of aldehydes is 1. The molecule has 0 bridgehead atoms. The number of carbonyl (C=O) groups is 2. The van der Waals surface area contributed by atoms with E-state index in [0.29, 0.717) is 12.7 Å². The largest absolute Gasteiger partial charge is 0.507 e. The summed E-state index contributed by atoms with van der Waals surface area (Å²) in [5, 5.41) is 9.48. The molecule has 0 unspecified atom stereocenters. The van der Waals surface area contributed by atoms with Gasteiger partial charge in [0.25, 0.3) is 0 Å². The molecule has 0 aromatic heterocycles. The Kier molecular flexibility index (Phi) is 19.8. The Bertz CT molecular complexity index is 850. The van der Waals surface area contributed by atoms with Gasteiger partial charge in [0.05, 0.1) is 5.56 Å². The van der Waals surface area contributed by atoms with Gasteiger partial charge in [-0.2, -0.15) is 0 Å². The van der Waals surface area contributed by atoms with E-state index in [1.807, 2.05) is 0 Å². The first-order valence-corrected chi connectivity index (χ1v) is 14.1. The summed E-state index contributed by atoms with van der Waals surface area (Å²) in [4.78, 5) is 22.7. The van der Waals surface area contributed by atoms with Gasteiger partial charge in [0, 0.05) is 19.3 Å². The van der Waals surface area contributed by atoms with Crippen LogP contribution in [0.4, 0.5) is 0 Å². The third-order valence-corrected chi connectivity index (χ3v) is 6.18. The van der Waals surface area contributed by atoms with Gasteiger partial charge >= 0.3 is 5.97 Å². The Labute approximate surface area is 219 Å². The Balaban J connectivity index is 1.90. The van der Waals surface area contributed by atoms with Crippen molar-refractivity contribution >= 4 is 12.3 Å². The summed E-state index contributed by atoms with van der Waals surface area (Å²) in [6.45, 7) is 2.27. The fourth-order valence-electron chi connectivity index (χ4n) is 3.98. The van der Waals surface area contributed by atoms with E-state index in [1.54, 1.807) is 0 Å². The van der Waals surface area contributed by atoms with E-state index in [0.717, 1.165) is 51.4 Å². The molecule has 0 aliphatic rings. The van der Waals surface area contributed by atoms with Crippen LogP contribution in [0.1, 0.15) is 139 Å². The molecule has 0 atom stereocenters. The minimum atomic E-state index is -0.318. The lowest BCUT2D eigenvalue weighted by atomic mass is 10.1. The summed E-state index contributed by atoms with van der Waals surface area (Å²) in [6, 6.07) is 4.20. The third kappa shape index (κ3) is 17.7. The predicted molar refractivity (Wildman–Crippen MR) is 148 cm³/mol. The van der Waals surface area contributed by atoms with Gasteiger partial charge in [-0.3, -0.25) is 9.59 Å². The molecule has 36 heavy (non-hydrogen) atoms. The van der Waals surface area contributed by atoms with Crippen molar-refractivity contribution in [1.82, 2.24) is 0 Å². The lowest BCUT2D eigenvalue weighted by Crippen LogP contribution is -2.07. The van der Waals surface area contributed by atoms with Crippen LogP contribution < -0.4 is 4.74 Å². The lowest BCUT2D eigenvalue weighted by molar-refractivity contribution is -0.134. The summed E-state index contributed by atoms with van der Waals surface area (Å²) < 4.78 is 5.22. The highest BCUT2D eigenvalue weighted by Gasteiger charge is 2.07. The summed E-state index contributed by atoms with van der Waals surface area (Å²) in [7, 11) is 0. The van der Waals surface area contributed by atoms with Gasteiger partial charge in [0.15, 0.2) is 6.29 Å². The maximum Gasteiger partial charge on any atom is 0.311 e. The van der Waals surface area contributed by atoms with Crippen LogP contribution in [0.15, 0.2) is 18.2 Å². The maximum atomic E-state index is 11.9. The molecule has 1 aromatic carbocycles. The molecule has 1 N–H and O–H groups in total. The van der Waals surface area contributed by atoms with Crippen LogP contribution in [0.3, 0.4) is 0 Å². The van der Waals surface area contributed by atoms with Crippen LogP contribution in [-0.2, 0) is 4.79 Å². The standard InChI is InChI=1S/C32H46O4/c1-2-3-4-5-6-7-8-9-10-11-12-13-14-15-16-17-18-19-20-21-22-23-24-32(35)36-30-25-26-31(34)29(27-30)28-33/h25-28,34H,2-12,17-24H2,1H3. The lowest BCUT2D eigenvalue weighted by Gasteiger charge is -2.06. The Morgan fingerprint density at radius 1 is 0.778 bits per heavy atom. The number of hydrogen-bond donors (Lipinski definition) is 1. The van der Waals surface area contributed by atoms with E-state index in [-0.39, 0.29) is 23.0 Å². The SMILES string of the molecule is CCCCCCCCCCCCC#CC#CCCCCCCCCC(=O)Oc1ccc(O)c(C=O)c1. The van der Waals surface area contributed by atoms with Gasteiger partial charge < -0.3 is 9.84 Å². The molecule has 0 heterocycles. The number of phenolic OH excluding ortho intramolecular Hbond substituents is 1. The first kappa shape index (κ1) is 31.3. The molecule has 0 aliphatic carbocycles. The van der Waals surface area contributed by atoms with Crippen molar-refractivity contribution in [3.63, 3.8) is 0 Å². The van der Waals surface area contributed by atoms with Crippen LogP contribution >= 0.6 is 0 Å². The van der Waals surface area contributed by atoms with Crippen LogP contribution in [0.25, 0.3) is 0 Å². The van der Waals surface area contributed by atoms with E-state index >= 15 is 0 Å². The smallest absolute Gasteiger partial charge is 0.311 e. The number of esters is 1. The van der Waals surface area contributed by atoms with Gasteiger partial charge in [-0.25, -0.2) is 0 Å². The highest BCUT2D eigenvalue weighted by atomic mass is 16.5. The minimum Gasteiger partial charge on any atom is -0.507 e. The van der Waals surface area contributed by atoms with Crippen molar-refractivity contribution in [3.05, 3.63) is 23.8 Å². The van der Waals surface area contributed by atoms with Gasteiger partial charge in [0.1, 0.15) is 11.5 Å². The van der Waals surface area contributed by atoms with Crippen molar-refractivity contribution in [1.29, 1.82) is 0 Å². The molecule has 0 radical (unpaired) electrons. The molecule has 0 spiro atoms. The fourth-order valence-corrected chi connectivity index (χ4v) is 3.98. The zero-order chi connectivity index (χ0) is 26.1. The van der Waals surface area contributed by atoms with Gasteiger partial charge in [-0.15, -0.1) is 0 Å². The second kappa shape index (κ2) is 22.7. The second-order valence-corrected chi connectivity index (χ2v) is 9.47. The maximum absolute atomic E-state index is 11.9. The first-order chi connectivity index (χ1) is 17.7. The summed E-state index contributed by atoms with van der Waals surface area (Å²) >= 11 is 0. The van der Waals surface area contributed by atoms with Crippen molar-refractivity contribution in [2.75, 3.05) is 0 Å². The molecule has 0 saturated carbocycles. The molecule has 0 amide bonds. The summed E-state index contributed by atoms with van der Waals surface area (Å²) in [5.74, 6) is 12.1. The number of phenols is 1. The molecule has 1 aromatic rings. The number of rotatable bonds is 20. The summed E-state index contributed by atoms with van der Waals surface area (Å²) in [5.41, 5.74) is 0.112. The van der Waals surface area contributed by atoms with Crippen molar-refractivity contribution in [2.24, 2.45) is 0 Å². The number of hydrogen-bond acceptors (Lipinski definition) is 4. The van der Waals surface area contributed by atoms with E-state index in [1.165, 1.54) is 82.4 Å². The number of carbonyl (C=O) groups excluding carboxylic acids is 2. The van der Waals surface area contributed by atoms with Crippen LogP contribution in [0, 0.1) is 23.7 Å².